The number of halogens is 1. The molecule has 4 nitrogen and oxygen atoms in total. The molecule has 1 saturated heterocycles. The molecule has 26 heavy (non-hydrogen) atoms. The van der Waals surface area contributed by atoms with Gasteiger partial charge in [0.25, 0.3) is 0 Å². The van der Waals surface area contributed by atoms with Crippen LogP contribution in [0.1, 0.15) is 16.8 Å². The Morgan fingerprint density at radius 3 is 2.62 bits per heavy atom. The zero-order valence-electron chi connectivity index (χ0n) is 14.2. The Bertz CT molecular complexity index is 954. The molecular formula is C21H18ClN3O. The molecule has 5 rings (SSSR count). The molecule has 3 heterocycles. The number of aromatic nitrogens is 2. The predicted molar refractivity (Wildman–Crippen MR) is 101 cm³/mol. The number of ether oxygens (including phenoxy) is 1. The molecule has 2 aliphatic heterocycles. The van der Waals surface area contributed by atoms with Crippen molar-refractivity contribution >= 4 is 11.6 Å². The van der Waals surface area contributed by atoms with Crippen molar-refractivity contribution in [1.29, 1.82) is 0 Å². The summed E-state index contributed by atoms with van der Waals surface area (Å²) in [5.41, 5.74) is 4.07. The highest BCUT2D eigenvalue weighted by atomic mass is 35.5. The molecule has 1 aromatic heterocycles. The number of hydrogen-bond donors (Lipinski definition) is 0. The number of rotatable bonds is 3. The highest BCUT2D eigenvalue weighted by molar-refractivity contribution is 6.31. The maximum Gasteiger partial charge on any atom is 0.159 e. The molecular weight excluding hydrogens is 346 g/mol. The average Bonchev–Trinajstić information content (AvgIpc) is 3.03. The van der Waals surface area contributed by atoms with E-state index in [2.05, 4.69) is 16.0 Å². The van der Waals surface area contributed by atoms with Gasteiger partial charge in [-0.15, -0.1) is 0 Å². The van der Waals surface area contributed by atoms with Gasteiger partial charge in [-0.1, -0.05) is 60.1 Å². The normalized spacial score (nSPS) is 17.9. The van der Waals surface area contributed by atoms with Gasteiger partial charge in [0.05, 0.1) is 12.3 Å². The minimum atomic E-state index is -0.258. The number of hydrogen-bond acceptors (Lipinski definition) is 4. The van der Waals surface area contributed by atoms with E-state index in [9.17, 15) is 0 Å². The third-order valence-electron chi connectivity index (χ3n) is 5.19. The third-order valence-corrected chi connectivity index (χ3v) is 5.55. The zero-order valence-corrected chi connectivity index (χ0v) is 15.0. The van der Waals surface area contributed by atoms with Crippen LogP contribution in [0.2, 0.25) is 5.02 Å². The van der Waals surface area contributed by atoms with Gasteiger partial charge in [0.2, 0.25) is 0 Å². The van der Waals surface area contributed by atoms with E-state index in [0.717, 1.165) is 52.9 Å². The van der Waals surface area contributed by atoms with E-state index in [-0.39, 0.29) is 5.60 Å². The van der Waals surface area contributed by atoms with E-state index in [0.29, 0.717) is 6.61 Å². The fourth-order valence-corrected chi connectivity index (χ4v) is 4.03. The molecule has 0 saturated carbocycles. The van der Waals surface area contributed by atoms with Crippen molar-refractivity contribution in [2.24, 2.45) is 0 Å². The quantitative estimate of drug-likeness (QED) is 0.704. The van der Waals surface area contributed by atoms with Crippen LogP contribution in [0.25, 0.3) is 11.4 Å². The Morgan fingerprint density at radius 1 is 1.04 bits per heavy atom. The second-order valence-corrected chi connectivity index (χ2v) is 7.35. The van der Waals surface area contributed by atoms with E-state index in [1.807, 2.05) is 54.7 Å². The molecule has 3 aromatic rings. The second-order valence-electron chi connectivity index (χ2n) is 6.94. The summed E-state index contributed by atoms with van der Waals surface area (Å²) in [6, 6.07) is 18.1. The first-order chi connectivity index (χ1) is 12.7. The molecule has 0 bridgehead atoms. The van der Waals surface area contributed by atoms with Crippen LogP contribution in [0, 0.1) is 0 Å². The Labute approximate surface area is 157 Å². The van der Waals surface area contributed by atoms with Crippen LogP contribution in [0.5, 0.6) is 0 Å². The summed E-state index contributed by atoms with van der Waals surface area (Å²) in [7, 11) is 0. The van der Waals surface area contributed by atoms with Crippen LogP contribution in [-0.2, 0) is 23.5 Å². The molecule has 5 heteroatoms. The highest BCUT2D eigenvalue weighted by Crippen LogP contribution is 2.43. The maximum atomic E-state index is 6.28. The number of benzene rings is 2. The van der Waals surface area contributed by atoms with Gasteiger partial charge in [-0.2, -0.15) is 0 Å². The molecule has 1 spiro atoms. The molecule has 0 amide bonds. The van der Waals surface area contributed by atoms with Gasteiger partial charge >= 0.3 is 0 Å². The van der Waals surface area contributed by atoms with Crippen LogP contribution in [0.3, 0.4) is 0 Å². The van der Waals surface area contributed by atoms with Gasteiger partial charge in [-0.25, -0.2) is 9.97 Å². The van der Waals surface area contributed by atoms with Gasteiger partial charge in [0.1, 0.15) is 5.60 Å². The van der Waals surface area contributed by atoms with E-state index >= 15 is 0 Å². The van der Waals surface area contributed by atoms with E-state index in [1.54, 1.807) is 0 Å². The fraction of sp³-hybridized carbons (Fsp3) is 0.238. The van der Waals surface area contributed by atoms with Crippen LogP contribution in [-0.4, -0.2) is 28.0 Å². The summed E-state index contributed by atoms with van der Waals surface area (Å²) in [6.07, 6.45) is 1.95. The van der Waals surface area contributed by atoms with Gasteiger partial charge in [-0.3, -0.25) is 4.90 Å². The van der Waals surface area contributed by atoms with Crippen molar-refractivity contribution in [2.75, 3.05) is 13.1 Å². The summed E-state index contributed by atoms with van der Waals surface area (Å²) in [6.45, 7) is 3.08. The molecule has 0 unspecified atom stereocenters. The molecule has 2 aliphatic rings. The monoisotopic (exact) mass is 363 g/mol. The molecule has 0 N–H and O–H groups in total. The Balaban J connectivity index is 1.34. The van der Waals surface area contributed by atoms with Gasteiger partial charge < -0.3 is 4.74 Å². The van der Waals surface area contributed by atoms with Crippen LogP contribution >= 0.6 is 11.6 Å². The topological polar surface area (TPSA) is 38.2 Å². The van der Waals surface area contributed by atoms with Crippen molar-refractivity contribution in [2.45, 2.75) is 18.8 Å². The van der Waals surface area contributed by atoms with Gasteiger partial charge in [0, 0.05) is 42.0 Å². The van der Waals surface area contributed by atoms with E-state index < -0.39 is 0 Å². The summed E-state index contributed by atoms with van der Waals surface area (Å²) in [5, 5.41) is 0.817. The molecule has 0 atom stereocenters. The van der Waals surface area contributed by atoms with E-state index in [1.165, 1.54) is 0 Å². The van der Waals surface area contributed by atoms with Crippen LogP contribution < -0.4 is 0 Å². The van der Waals surface area contributed by atoms with Crippen molar-refractivity contribution in [3.05, 3.63) is 82.6 Å². The van der Waals surface area contributed by atoms with E-state index in [4.69, 9.17) is 21.3 Å². The SMILES string of the molecule is Clc1ccccc1CN1CC2(C1)OCc1nc(-c3ccccc3)ncc12. The lowest BCUT2D eigenvalue weighted by molar-refractivity contribution is -0.145. The van der Waals surface area contributed by atoms with Gasteiger partial charge in [-0.05, 0) is 11.6 Å². The Kier molecular flexibility index (Phi) is 3.78. The van der Waals surface area contributed by atoms with Crippen molar-refractivity contribution < 1.29 is 4.74 Å². The minimum absolute atomic E-state index is 0.258. The van der Waals surface area contributed by atoms with Crippen LogP contribution in [0.4, 0.5) is 0 Å². The highest BCUT2D eigenvalue weighted by Gasteiger charge is 2.50. The lowest BCUT2D eigenvalue weighted by atomic mass is 9.87. The summed E-state index contributed by atoms with van der Waals surface area (Å²) >= 11 is 6.28. The Morgan fingerprint density at radius 2 is 1.81 bits per heavy atom. The zero-order chi connectivity index (χ0) is 17.6. The summed E-state index contributed by atoms with van der Waals surface area (Å²) in [5.74, 6) is 0.761. The lowest BCUT2D eigenvalue weighted by Gasteiger charge is -2.47. The molecule has 1 fully saturated rings. The second kappa shape index (κ2) is 6.16. The number of likely N-dealkylation sites (tertiary alicyclic amines) is 1. The summed E-state index contributed by atoms with van der Waals surface area (Å²) < 4.78 is 6.16. The largest absolute Gasteiger partial charge is 0.361 e. The standard InChI is InChI=1S/C21H18ClN3O/c22-18-9-5-4-8-16(18)11-25-13-21(14-25)17-10-23-20(24-19(17)12-26-21)15-6-2-1-3-7-15/h1-10H,11-14H2. The Hall–Kier alpha value is -2.27. The van der Waals surface area contributed by atoms with Gasteiger partial charge in [0.15, 0.2) is 5.82 Å². The molecule has 0 radical (unpaired) electrons. The fourth-order valence-electron chi connectivity index (χ4n) is 3.84. The number of nitrogens with zero attached hydrogens (tertiary/aromatic N) is 3. The molecule has 2 aromatic carbocycles. The van der Waals surface area contributed by atoms with Crippen molar-refractivity contribution in [3.63, 3.8) is 0 Å². The number of fused-ring (bicyclic) bond motifs is 2. The predicted octanol–water partition coefficient (Wildman–Crippen LogP) is 4.04. The average molecular weight is 364 g/mol. The summed E-state index contributed by atoms with van der Waals surface area (Å²) in [4.78, 5) is 11.7. The minimum Gasteiger partial charge on any atom is -0.361 e. The van der Waals surface area contributed by atoms with Crippen molar-refractivity contribution in [3.8, 4) is 11.4 Å². The first kappa shape index (κ1) is 15.9. The lowest BCUT2D eigenvalue weighted by Crippen LogP contribution is -2.58. The third kappa shape index (κ3) is 2.62. The molecule has 130 valence electrons. The first-order valence-electron chi connectivity index (χ1n) is 8.75. The molecule has 0 aliphatic carbocycles. The maximum absolute atomic E-state index is 6.28. The van der Waals surface area contributed by atoms with Crippen molar-refractivity contribution in [1.82, 2.24) is 14.9 Å². The first-order valence-corrected chi connectivity index (χ1v) is 9.13. The smallest absolute Gasteiger partial charge is 0.159 e. The van der Waals surface area contributed by atoms with Crippen LogP contribution in [0.15, 0.2) is 60.8 Å².